The van der Waals surface area contributed by atoms with Crippen molar-refractivity contribution in [1.29, 1.82) is 0 Å². The molecule has 0 atom stereocenters. The van der Waals surface area contributed by atoms with E-state index in [0.29, 0.717) is 6.54 Å². The van der Waals surface area contributed by atoms with Crippen molar-refractivity contribution in [2.75, 3.05) is 12.0 Å². The van der Waals surface area contributed by atoms with Gasteiger partial charge >= 0.3 is 6.09 Å². The standard InChI is InChI=1S/C26H26N2O4/c1-17-15-21-22(32-17)16-28(23(24(21)31-2)18-7-4-3-5-8-18)20-11-9-19(10-12-20)26(13-6-14-26)27-25(29)30/h3-5,7-12,15,27H,6,13-14,16H2,1-2H3,(H,29,30). The predicted molar refractivity (Wildman–Crippen MR) is 123 cm³/mol. The molecule has 1 aliphatic heterocycles. The molecule has 2 N–H and O–H groups in total. The molecule has 1 saturated carbocycles. The summed E-state index contributed by atoms with van der Waals surface area (Å²) in [5.41, 5.74) is 4.53. The van der Waals surface area contributed by atoms with Gasteiger partial charge < -0.3 is 24.5 Å². The lowest BCUT2D eigenvalue weighted by molar-refractivity contribution is 0.144. The number of furan rings is 1. The van der Waals surface area contributed by atoms with Gasteiger partial charge in [-0.1, -0.05) is 42.5 Å². The Hall–Kier alpha value is -3.67. The van der Waals surface area contributed by atoms with Gasteiger partial charge in [-0.2, -0.15) is 0 Å². The quantitative estimate of drug-likeness (QED) is 0.541. The van der Waals surface area contributed by atoms with Crippen LogP contribution in [0.3, 0.4) is 0 Å². The Morgan fingerprint density at radius 2 is 1.84 bits per heavy atom. The number of rotatable bonds is 5. The summed E-state index contributed by atoms with van der Waals surface area (Å²) < 4.78 is 11.9. The van der Waals surface area contributed by atoms with Crippen LogP contribution in [0.25, 0.3) is 11.5 Å². The summed E-state index contributed by atoms with van der Waals surface area (Å²) in [6.07, 6.45) is 1.68. The molecule has 0 spiro atoms. The predicted octanol–water partition coefficient (Wildman–Crippen LogP) is 5.73. The van der Waals surface area contributed by atoms with Gasteiger partial charge in [-0.05, 0) is 49.9 Å². The number of carboxylic acid groups (broad SMARTS) is 1. The minimum atomic E-state index is -0.982. The van der Waals surface area contributed by atoms with E-state index in [1.807, 2.05) is 43.3 Å². The topological polar surface area (TPSA) is 74.9 Å². The largest absolute Gasteiger partial charge is 0.494 e. The number of anilines is 1. The molecule has 0 saturated heterocycles. The van der Waals surface area contributed by atoms with Crippen molar-refractivity contribution in [3.8, 4) is 0 Å². The van der Waals surface area contributed by atoms with E-state index in [-0.39, 0.29) is 0 Å². The van der Waals surface area contributed by atoms with Gasteiger partial charge in [0.2, 0.25) is 0 Å². The Morgan fingerprint density at radius 3 is 2.44 bits per heavy atom. The summed E-state index contributed by atoms with van der Waals surface area (Å²) in [6.45, 7) is 2.53. The summed E-state index contributed by atoms with van der Waals surface area (Å²) in [5, 5.41) is 12.0. The van der Waals surface area contributed by atoms with E-state index in [9.17, 15) is 9.90 Å². The van der Waals surface area contributed by atoms with Crippen molar-refractivity contribution >= 4 is 23.2 Å². The van der Waals surface area contributed by atoms with Gasteiger partial charge in [0.1, 0.15) is 11.5 Å². The molecule has 5 rings (SSSR count). The van der Waals surface area contributed by atoms with Crippen LogP contribution in [0.15, 0.2) is 65.1 Å². The van der Waals surface area contributed by atoms with Gasteiger partial charge in [0, 0.05) is 11.3 Å². The highest BCUT2D eigenvalue weighted by Crippen LogP contribution is 2.44. The maximum atomic E-state index is 11.3. The average molecular weight is 431 g/mol. The van der Waals surface area contributed by atoms with Crippen LogP contribution in [-0.4, -0.2) is 18.3 Å². The van der Waals surface area contributed by atoms with Crippen LogP contribution < -0.4 is 10.2 Å². The number of hydrogen-bond acceptors (Lipinski definition) is 4. The van der Waals surface area contributed by atoms with Crippen molar-refractivity contribution in [3.63, 3.8) is 0 Å². The number of hydrogen-bond donors (Lipinski definition) is 2. The molecule has 2 aliphatic rings. The molecule has 0 radical (unpaired) electrons. The lowest BCUT2D eigenvalue weighted by atomic mass is 9.72. The molecule has 32 heavy (non-hydrogen) atoms. The van der Waals surface area contributed by atoms with Gasteiger partial charge in [-0.25, -0.2) is 4.79 Å². The Kier molecular flexibility index (Phi) is 4.93. The lowest BCUT2D eigenvalue weighted by Crippen LogP contribution is -2.50. The third-order valence-corrected chi connectivity index (χ3v) is 6.50. The van der Waals surface area contributed by atoms with E-state index in [1.165, 1.54) is 0 Å². The third-order valence-electron chi connectivity index (χ3n) is 6.50. The van der Waals surface area contributed by atoms with Gasteiger partial charge in [0.25, 0.3) is 0 Å². The van der Waals surface area contributed by atoms with Gasteiger partial charge in [0.15, 0.2) is 5.76 Å². The van der Waals surface area contributed by atoms with Crippen LogP contribution in [0.5, 0.6) is 0 Å². The molecule has 0 unspecified atom stereocenters. The zero-order chi connectivity index (χ0) is 22.3. The molecule has 1 aromatic heterocycles. The number of nitrogens with zero attached hydrogens (tertiary/aromatic N) is 1. The Labute approximate surface area is 187 Å². The molecule has 6 heteroatoms. The molecular formula is C26H26N2O4. The second-order valence-electron chi connectivity index (χ2n) is 8.44. The Morgan fingerprint density at radius 1 is 1.12 bits per heavy atom. The Bertz CT molecular complexity index is 1170. The molecule has 164 valence electrons. The second-order valence-corrected chi connectivity index (χ2v) is 8.44. The zero-order valence-electron chi connectivity index (χ0n) is 18.2. The van der Waals surface area contributed by atoms with E-state index in [2.05, 4.69) is 34.5 Å². The molecule has 1 amide bonds. The molecule has 6 nitrogen and oxygen atoms in total. The van der Waals surface area contributed by atoms with Crippen LogP contribution in [0.1, 0.15) is 47.5 Å². The van der Waals surface area contributed by atoms with E-state index in [4.69, 9.17) is 9.15 Å². The molecule has 3 aromatic rings. The van der Waals surface area contributed by atoms with Crippen molar-refractivity contribution in [2.24, 2.45) is 0 Å². The van der Waals surface area contributed by atoms with E-state index in [0.717, 1.165) is 64.6 Å². The van der Waals surface area contributed by atoms with Crippen molar-refractivity contribution in [2.45, 2.75) is 38.3 Å². The summed E-state index contributed by atoms with van der Waals surface area (Å²) in [6, 6.07) is 20.4. The maximum absolute atomic E-state index is 11.3. The number of aryl methyl sites for hydroxylation is 1. The molecular weight excluding hydrogens is 404 g/mol. The highest BCUT2D eigenvalue weighted by molar-refractivity contribution is 5.97. The number of ether oxygens (including phenoxy) is 1. The number of benzene rings is 2. The van der Waals surface area contributed by atoms with E-state index in [1.54, 1.807) is 7.11 Å². The molecule has 1 fully saturated rings. The number of nitrogens with one attached hydrogen (secondary N) is 1. The van der Waals surface area contributed by atoms with Crippen molar-refractivity contribution in [3.05, 3.63) is 88.9 Å². The highest BCUT2D eigenvalue weighted by Gasteiger charge is 2.40. The van der Waals surface area contributed by atoms with Crippen LogP contribution in [0, 0.1) is 6.92 Å². The monoisotopic (exact) mass is 430 g/mol. The molecule has 1 aliphatic carbocycles. The van der Waals surface area contributed by atoms with E-state index < -0.39 is 11.6 Å². The maximum Gasteiger partial charge on any atom is 0.405 e. The van der Waals surface area contributed by atoms with Crippen molar-refractivity contribution < 1.29 is 19.1 Å². The van der Waals surface area contributed by atoms with Crippen molar-refractivity contribution in [1.82, 2.24) is 5.32 Å². The fourth-order valence-corrected chi connectivity index (χ4v) is 4.84. The number of fused-ring (bicyclic) bond motifs is 1. The lowest BCUT2D eigenvalue weighted by Gasteiger charge is -2.42. The van der Waals surface area contributed by atoms with Crippen LogP contribution in [0.4, 0.5) is 10.5 Å². The van der Waals surface area contributed by atoms with Crippen LogP contribution >= 0.6 is 0 Å². The first-order chi connectivity index (χ1) is 15.5. The zero-order valence-corrected chi connectivity index (χ0v) is 18.2. The minimum absolute atomic E-state index is 0.479. The summed E-state index contributed by atoms with van der Waals surface area (Å²) >= 11 is 0. The van der Waals surface area contributed by atoms with Gasteiger partial charge in [-0.3, -0.25) is 0 Å². The number of methoxy groups -OCH3 is 1. The van der Waals surface area contributed by atoms with Gasteiger partial charge in [0.05, 0.1) is 30.5 Å². The molecule has 2 aromatic carbocycles. The van der Waals surface area contributed by atoms with Gasteiger partial charge in [-0.15, -0.1) is 0 Å². The first-order valence-corrected chi connectivity index (χ1v) is 10.8. The SMILES string of the molecule is COC1=C(c2ccccc2)N(c2ccc(C3(NC(=O)O)CCC3)cc2)Cc2oc(C)cc21. The fourth-order valence-electron chi connectivity index (χ4n) is 4.84. The highest BCUT2D eigenvalue weighted by atomic mass is 16.5. The minimum Gasteiger partial charge on any atom is -0.494 e. The normalized spacial score (nSPS) is 16.9. The second kappa shape index (κ2) is 7.79. The average Bonchev–Trinajstić information content (AvgIpc) is 3.15. The summed E-state index contributed by atoms with van der Waals surface area (Å²) in [7, 11) is 1.69. The fraction of sp³-hybridized carbons (Fsp3) is 0.269. The third kappa shape index (κ3) is 3.32. The number of carbonyl (C=O) groups is 1. The first-order valence-electron chi connectivity index (χ1n) is 10.8. The smallest absolute Gasteiger partial charge is 0.405 e. The molecule has 2 heterocycles. The summed E-state index contributed by atoms with van der Waals surface area (Å²) in [5.74, 6) is 2.49. The van der Waals surface area contributed by atoms with E-state index >= 15 is 0 Å². The summed E-state index contributed by atoms with van der Waals surface area (Å²) in [4.78, 5) is 13.5. The van der Waals surface area contributed by atoms with Crippen LogP contribution in [0.2, 0.25) is 0 Å². The Balaban J connectivity index is 1.58. The molecule has 0 bridgehead atoms. The van der Waals surface area contributed by atoms with Crippen LogP contribution in [-0.2, 0) is 16.8 Å². The number of amides is 1. The first kappa shape index (κ1) is 20.2.